The molecule has 7 nitrogen and oxygen atoms in total. The van der Waals surface area contributed by atoms with Gasteiger partial charge in [-0.25, -0.2) is 0 Å². The quantitative estimate of drug-likeness (QED) is 0.705. The van der Waals surface area contributed by atoms with Gasteiger partial charge in [-0.2, -0.15) is 0 Å². The van der Waals surface area contributed by atoms with E-state index in [0.717, 1.165) is 11.0 Å². The highest BCUT2D eigenvalue weighted by atomic mass is 32.2. The SMILES string of the molecule is COc1ccc(NC(=O)CSc2nnc(C(C)C)n2C(C)C)c(OC)c1. The zero-order valence-corrected chi connectivity index (χ0v) is 16.9. The lowest BCUT2D eigenvalue weighted by Crippen LogP contribution is -2.16. The van der Waals surface area contributed by atoms with Crippen LogP contribution in [0.3, 0.4) is 0 Å². The smallest absolute Gasteiger partial charge is 0.234 e. The number of nitrogens with zero attached hydrogens (tertiary/aromatic N) is 3. The third kappa shape index (κ3) is 4.69. The molecule has 0 bridgehead atoms. The Morgan fingerprint density at radius 3 is 2.50 bits per heavy atom. The number of amides is 1. The lowest BCUT2D eigenvalue weighted by Gasteiger charge is -2.15. The van der Waals surface area contributed by atoms with Crippen LogP contribution < -0.4 is 14.8 Å². The predicted molar refractivity (Wildman–Crippen MR) is 103 cm³/mol. The van der Waals surface area contributed by atoms with Crippen molar-refractivity contribution in [2.45, 2.75) is 44.8 Å². The zero-order valence-electron chi connectivity index (χ0n) is 16.1. The molecular formula is C18H26N4O3S. The maximum atomic E-state index is 12.4. The molecule has 0 spiro atoms. The highest BCUT2D eigenvalue weighted by Gasteiger charge is 2.18. The Bertz CT molecular complexity index is 759. The Balaban J connectivity index is 2.06. The van der Waals surface area contributed by atoms with Crippen LogP contribution in [-0.2, 0) is 4.79 Å². The van der Waals surface area contributed by atoms with Gasteiger partial charge in [-0.05, 0) is 26.0 Å². The summed E-state index contributed by atoms with van der Waals surface area (Å²) in [6.07, 6.45) is 0. The standard InChI is InChI=1S/C18H26N4O3S/c1-11(2)17-20-21-18(22(17)12(3)4)26-10-16(23)19-14-8-7-13(24-5)9-15(14)25-6/h7-9,11-12H,10H2,1-6H3,(H,19,23). The second kappa shape index (κ2) is 8.93. The molecule has 1 amide bonds. The van der Waals surface area contributed by atoms with Gasteiger partial charge in [0.1, 0.15) is 17.3 Å². The molecule has 142 valence electrons. The zero-order chi connectivity index (χ0) is 19.3. The number of anilines is 1. The van der Waals surface area contributed by atoms with Crippen molar-refractivity contribution in [3.05, 3.63) is 24.0 Å². The molecule has 0 aliphatic carbocycles. The number of carbonyl (C=O) groups is 1. The molecule has 0 aliphatic rings. The number of carbonyl (C=O) groups excluding carboxylic acids is 1. The molecule has 2 aromatic rings. The topological polar surface area (TPSA) is 78.3 Å². The molecule has 0 atom stereocenters. The van der Waals surface area contributed by atoms with Crippen LogP contribution in [0.4, 0.5) is 5.69 Å². The van der Waals surface area contributed by atoms with Crippen molar-refractivity contribution in [3.8, 4) is 11.5 Å². The minimum Gasteiger partial charge on any atom is -0.497 e. The first-order chi connectivity index (χ1) is 12.4. The maximum absolute atomic E-state index is 12.4. The van der Waals surface area contributed by atoms with Crippen LogP contribution in [0.5, 0.6) is 11.5 Å². The van der Waals surface area contributed by atoms with Crippen molar-refractivity contribution in [2.24, 2.45) is 0 Å². The Kier molecular flexibility index (Phi) is 6.90. The van der Waals surface area contributed by atoms with Gasteiger partial charge in [0.15, 0.2) is 5.16 Å². The van der Waals surface area contributed by atoms with Gasteiger partial charge < -0.3 is 19.4 Å². The minimum absolute atomic E-state index is 0.136. The normalized spacial score (nSPS) is 11.1. The summed E-state index contributed by atoms with van der Waals surface area (Å²) in [6, 6.07) is 5.49. The average Bonchev–Trinajstić information content (AvgIpc) is 3.04. The van der Waals surface area contributed by atoms with Crippen LogP contribution in [0.2, 0.25) is 0 Å². The molecule has 8 heteroatoms. The van der Waals surface area contributed by atoms with Crippen molar-refractivity contribution >= 4 is 23.4 Å². The molecule has 1 heterocycles. The monoisotopic (exact) mass is 378 g/mol. The van der Waals surface area contributed by atoms with E-state index in [1.165, 1.54) is 11.8 Å². The molecule has 1 aromatic heterocycles. The van der Waals surface area contributed by atoms with E-state index in [1.54, 1.807) is 32.4 Å². The first-order valence-corrected chi connectivity index (χ1v) is 9.45. The summed E-state index contributed by atoms with van der Waals surface area (Å²) in [4.78, 5) is 12.4. The van der Waals surface area contributed by atoms with Crippen LogP contribution in [0.25, 0.3) is 0 Å². The second-order valence-corrected chi connectivity index (χ2v) is 7.30. The Morgan fingerprint density at radius 1 is 1.19 bits per heavy atom. The molecule has 0 radical (unpaired) electrons. The number of thioether (sulfide) groups is 1. The van der Waals surface area contributed by atoms with E-state index in [2.05, 4.69) is 47.8 Å². The number of ether oxygens (including phenoxy) is 2. The lowest BCUT2D eigenvalue weighted by molar-refractivity contribution is -0.113. The summed E-state index contributed by atoms with van der Waals surface area (Å²) in [5.74, 6) is 2.52. The molecule has 0 fully saturated rings. The summed E-state index contributed by atoms with van der Waals surface area (Å²) < 4.78 is 12.5. The number of hydrogen-bond donors (Lipinski definition) is 1. The number of methoxy groups -OCH3 is 2. The maximum Gasteiger partial charge on any atom is 0.234 e. The van der Waals surface area contributed by atoms with Gasteiger partial charge >= 0.3 is 0 Å². The van der Waals surface area contributed by atoms with Gasteiger partial charge in [0.2, 0.25) is 5.91 Å². The van der Waals surface area contributed by atoms with Crippen molar-refractivity contribution in [2.75, 3.05) is 25.3 Å². The fourth-order valence-electron chi connectivity index (χ4n) is 2.48. The third-order valence-electron chi connectivity index (χ3n) is 3.74. The number of hydrogen-bond acceptors (Lipinski definition) is 6. The van der Waals surface area contributed by atoms with E-state index in [4.69, 9.17) is 9.47 Å². The molecule has 1 aromatic carbocycles. The summed E-state index contributed by atoms with van der Waals surface area (Å²) in [7, 11) is 3.14. The van der Waals surface area contributed by atoms with Crippen LogP contribution in [0.1, 0.15) is 45.5 Å². The Morgan fingerprint density at radius 2 is 1.92 bits per heavy atom. The van der Waals surface area contributed by atoms with Crippen molar-refractivity contribution in [3.63, 3.8) is 0 Å². The Labute approximate surface area is 158 Å². The van der Waals surface area contributed by atoms with Crippen molar-refractivity contribution in [1.82, 2.24) is 14.8 Å². The average molecular weight is 378 g/mol. The minimum atomic E-state index is -0.136. The molecule has 1 N–H and O–H groups in total. The van der Waals surface area contributed by atoms with Crippen LogP contribution in [-0.4, -0.2) is 40.6 Å². The highest BCUT2D eigenvalue weighted by molar-refractivity contribution is 7.99. The van der Waals surface area contributed by atoms with Gasteiger partial charge in [0, 0.05) is 18.0 Å². The fourth-order valence-corrected chi connectivity index (χ4v) is 3.36. The van der Waals surface area contributed by atoms with Crippen LogP contribution in [0, 0.1) is 0 Å². The van der Waals surface area contributed by atoms with Gasteiger partial charge in [0.05, 0.1) is 25.7 Å². The first-order valence-electron chi connectivity index (χ1n) is 8.46. The van der Waals surface area contributed by atoms with E-state index < -0.39 is 0 Å². The van der Waals surface area contributed by atoms with Gasteiger partial charge in [-0.1, -0.05) is 25.6 Å². The number of aromatic nitrogens is 3. The summed E-state index contributed by atoms with van der Waals surface area (Å²) in [6.45, 7) is 8.34. The number of rotatable bonds is 8. The molecule has 0 saturated carbocycles. The van der Waals surface area contributed by atoms with E-state index in [1.807, 2.05) is 0 Å². The molecular weight excluding hydrogens is 352 g/mol. The van der Waals surface area contributed by atoms with Gasteiger partial charge in [0.25, 0.3) is 0 Å². The largest absolute Gasteiger partial charge is 0.497 e. The van der Waals surface area contributed by atoms with Crippen molar-refractivity contribution in [1.29, 1.82) is 0 Å². The molecule has 0 aliphatic heterocycles. The third-order valence-corrected chi connectivity index (χ3v) is 4.68. The first kappa shape index (κ1) is 20.1. The van der Waals surface area contributed by atoms with Gasteiger partial charge in [-0.15, -0.1) is 10.2 Å². The van der Waals surface area contributed by atoms with Crippen LogP contribution >= 0.6 is 11.8 Å². The van der Waals surface area contributed by atoms with E-state index >= 15 is 0 Å². The second-order valence-electron chi connectivity index (χ2n) is 6.36. The van der Waals surface area contributed by atoms with Crippen LogP contribution in [0.15, 0.2) is 23.4 Å². The molecule has 26 heavy (non-hydrogen) atoms. The van der Waals surface area contributed by atoms with E-state index in [-0.39, 0.29) is 23.6 Å². The molecule has 0 saturated heterocycles. The lowest BCUT2D eigenvalue weighted by atomic mass is 10.2. The molecule has 0 unspecified atom stereocenters. The summed E-state index contributed by atoms with van der Waals surface area (Å²) >= 11 is 1.37. The van der Waals surface area contributed by atoms with Crippen molar-refractivity contribution < 1.29 is 14.3 Å². The molecule has 2 rings (SSSR count). The number of benzene rings is 1. The highest BCUT2D eigenvalue weighted by Crippen LogP contribution is 2.30. The summed E-state index contributed by atoms with van der Waals surface area (Å²) in [5, 5.41) is 12.1. The van der Waals surface area contributed by atoms with Gasteiger partial charge in [-0.3, -0.25) is 4.79 Å². The van der Waals surface area contributed by atoms with E-state index in [9.17, 15) is 4.79 Å². The Hall–Kier alpha value is -2.22. The fraction of sp³-hybridized carbons (Fsp3) is 0.500. The summed E-state index contributed by atoms with van der Waals surface area (Å²) in [5.41, 5.74) is 0.604. The number of nitrogens with one attached hydrogen (secondary N) is 1. The van der Waals surface area contributed by atoms with E-state index in [0.29, 0.717) is 17.2 Å². The predicted octanol–water partition coefficient (Wildman–Crippen LogP) is 3.73.